The quantitative estimate of drug-likeness (QED) is 0.779. The summed E-state index contributed by atoms with van der Waals surface area (Å²) in [5.41, 5.74) is 2.03. The Kier molecular flexibility index (Phi) is 5.85. The molecule has 1 aromatic carbocycles. The number of benzene rings is 1. The van der Waals surface area contributed by atoms with Gasteiger partial charge in [-0.05, 0) is 41.6 Å². The molecule has 1 N–H and O–H groups in total. The molecule has 4 atom stereocenters. The first-order valence-corrected chi connectivity index (χ1v) is 11.2. The number of fused-ring (bicyclic) bond motifs is 2. The topological polar surface area (TPSA) is 35.9 Å². The Morgan fingerprint density at radius 1 is 1.07 bits per heavy atom. The van der Waals surface area contributed by atoms with Crippen LogP contribution < -0.4 is 0 Å². The van der Waals surface area contributed by atoms with Crippen LogP contribution in [-0.2, 0) is 11.3 Å². The maximum atomic E-state index is 10.6. The van der Waals surface area contributed by atoms with Crippen molar-refractivity contribution < 1.29 is 9.84 Å². The number of aliphatic hydroxyl groups excluding tert-OH is 1. The Bertz CT molecular complexity index is 641. The highest BCUT2D eigenvalue weighted by molar-refractivity contribution is 5.14. The van der Waals surface area contributed by atoms with Gasteiger partial charge >= 0.3 is 0 Å². The van der Waals surface area contributed by atoms with Gasteiger partial charge in [0.05, 0.1) is 18.8 Å². The van der Waals surface area contributed by atoms with Gasteiger partial charge in [0.1, 0.15) is 0 Å². The molecule has 2 bridgehead atoms. The Labute approximate surface area is 170 Å². The van der Waals surface area contributed by atoms with E-state index >= 15 is 0 Å². The largest absolute Gasteiger partial charge is 0.389 e. The summed E-state index contributed by atoms with van der Waals surface area (Å²) in [5, 5.41) is 10.6. The molecule has 3 aliphatic rings. The standard InChI is InChI=1S/C24H38N2O2/c1-23(2)20-9-10-24(23,3)22(15-20)28-18-21(27)17-26-13-11-25(12-14-26)16-19-7-5-4-6-8-19/h4-8,20-22,27H,9-18H2,1-3H3/t20-,21+,22-,24-/m0/s1. The molecule has 4 heteroatoms. The van der Waals surface area contributed by atoms with Gasteiger partial charge in [-0.1, -0.05) is 51.1 Å². The van der Waals surface area contributed by atoms with Gasteiger partial charge in [-0.15, -0.1) is 0 Å². The number of hydrogen-bond acceptors (Lipinski definition) is 4. The molecule has 0 unspecified atom stereocenters. The molecule has 1 saturated heterocycles. The average Bonchev–Trinajstić information content (AvgIpc) is 3.02. The van der Waals surface area contributed by atoms with Gasteiger partial charge in [0.2, 0.25) is 0 Å². The molecule has 1 aromatic rings. The second-order valence-electron chi connectivity index (χ2n) is 10.1. The summed E-state index contributed by atoms with van der Waals surface area (Å²) in [6, 6.07) is 10.7. The molecule has 156 valence electrons. The number of hydrogen-bond donors (Lipinski definition) is 1. The summed E-state index contributed by atoms with van der Waals surface area (Å²) in [6.07, 6.45) is 3.73. The first-order chi connectivity index (χ1) is 13.4. The molecule has 1 aliphatic heterocycles. The van der Waals surface area contributed by atoms with Crippen LogP contribution in [0.1, 0.15) is 45.6 Å². The zero-order chi connectivity index (χ0) is 19.8. The van der Waals surface area contributed by atoms with Gasteiger partial charge in [0, 0.05) is 39.3 Å². The fraction of sp³-hybridized carbons (Fsp3) is 0.750. The van der Waals surface area contributed by atoms with Crippen molar-refractivity contribution in [2.45, 2.75) is 58.8 Å². The summed E-state index contributed by atoms with van der Waals surface area (Å²) < 4.78 is 6.29. The Morgan fingerprint density at radius 3 is 2.36 bits per heavy atom. The van der Waals surface area contributed by atoms with Crippen LogP contribution in [0.5, 0.6) is 0 Å². The first kappa shape index (κ1) is 20.3. The van der Waals surface area contributed by atoms with E-state index in [1.807, 2.05) is 0 Å². The Balaban J connectivity index is 1.18. The molecule has 0 spiro atoms. The van der Waals surface area contributed by atoms with Crippen molar-refractivity contribution in [2.24, 2.45) is 16.7 Å². The van der Waals surface area contributed by atoms with Crippen molar-refractivity contribution in [2.75, 3.05) is 39.3 Å². The normalized spacial score (nSPS) is 34.0. The van der Waals surface area contributed by atoms with Crippen molar-refractivity contribution in [3.63, 3.8) is 0 Å². The van der Waals surface area contributed by atoms with E-state index in [0.717, 1.165) is 45.2 Å². The number of β-amino-alcohol motifs (C(OH)–C–C–N with tert-alkyl or cyclic N) is 1. The number of nitrogens with zero attached hydrogens (tertiary/aromatic N) is 2. The minimum atomic E-state index is -0.383. The molecule has 0 amide bonds. The molecular formula is C24H38N2O2. The summed E-state index contributed by atoms with van der Waals surface area (Å²) in [6.45, 7) is 13.7. The van der Waals surface area contributed by atoms with E-state index in [1.165, 1.54) is 24.8 Å². The van der Waals surface area contributed by atoms with E-state index in [-0.39, 0.29) is 11.5 Å². The van der Waals surface area contributed by atoms with Crippen LogP contribution in [0.15, 0.2) is 30.3 Å². The van der Waals surface area contributed by atoms with E-state index in [4.69, 9.17) is 4.74 Å². The summed E-state index contributed by atoms with van der Waals surface area (Å²) >= 11 is 0. The van der Waals surface area contributed by atoms with Gasteiger partial charge < -0.3 is 9.84 Å². The fourth-order valence-corrected chi connectivity index (χ4v) is 5.93. The van der Waals surface area contributed by atoms with Crippen LogP contribution in [0, 0.1) is 16.7 Å². The van der Waals surface area contributed by atoms with Crippen molar-refractivity contribution in [3.8, 4) is 0 Å². The van der Waals surface area contributed by atoms with E-state index in [9.17, 15) is 5.11 Å². The molecule has 0 aromatic heterocycles. The second-order valence-corrected chi connectivity index (χ2v) is 10.1. The maximum absolute atomic E-state index is 10.6. The zero-order valence-corrected chi connectivity index (χ0v) is 17.9. The number of rotatable bonds is 7. The SMILES string of the molecule is CC1(C)[C@H]2CC[C@@]1(C)[C@@H](OC[C@H](O)CN1CCN(Cc3ccccc3)CC1)C2. The molecule has 2 saturated carbocycles. The summed E-state index contributed by atoms with van der Waals surface area (Å²) in [7, 11) is 0. The molecule has 0 radical (unpaired) electrons. The predicted molar refractivity (Wildman–Crippen MR) is 113 cm³/mol. The van der Waals surface area contributed by atoms with Crippen LogP contribution in [0.25, 0.3) is 0 Å². The van der Waals surface area contributed by atoms with Crippen LogP contribution in [-0.4, -0.2) is 66.4 Å². The van der Waals surface area contributed by atoms with Crippen molar-refractivity contribution in [1.82, 2.24) is 9.80 Å². The van der Waals surface area contributed by atoms with Gasteiger partial charge in [-0.25, -0.2) is 0 Å². The lowest BCUT2D eigenvalue weighted by molar-refractivity contribution is -0.0807. The van der Waals surface area contributed by atoms with Crippen LogP contribution in [0.3, 0.4) is 0 Å². The Hall–Kier alpha value is -0.940. The minimum Gasteiger partial charge on any atom is -0.389 e. The molecular weight excluding hydrogens is 348 g/mol. The maximum Gasteiger partial charge on any atom is 0.0900 e. The van der Waals surface area contributed by atoms with E-state index < -0.39 is 0 Å². The molecule has 28 heavy (non-hydrogen) atoms. The highest BCUT2D eigenvalue weighted by atomic mass is 16.5. The lowest BCUT2D eigenvalue weighted by Gasteiger charge is -2.39. The smallest absolute Gasteiger partial charge is 0.0900 e. The van der Waals surface area contributed by atoms with E-state index in [0.29, 0.717) is 18.1 Å². The minimum absolute atomic E-state index is 0.278. The van der Waals surface area contributed by atoms with Crippen molar-refractivity contribution >= 4 is 0 Å². The van der Waals surface area contributed by atoms with Crippen LogP contribution in [0.4, 0.5) is 0 Å². The molecule has 2 aliphatic carbocycles. The third-order valence-electron chi connectivity index (χ3n) is 8.39. The summed E-state index contributed by atoms with van der Waals surface area (Å²) in [4.78, 5) is 4.90. The lowest BCUT2D eigenvalue weighted by atomic mass is 9.70. The third kappa shape index (κ3) is 3.89. The van der Waals surface area contributed by atoms with Gasteiger partial charge in [-0.2, -0.15) is 0 Å². The third-order valence-corrected chi connectivity index (χ3v) is 8.39. The molecule has 4 rings (SSSR count). The first-order valence-electron chi connectivity index (χ1n) is 11.2. The fourth-order valence-electron chi connectivity index (χ4n) is 5.93. The second kappa shape index (κ2) is 8.06. The van der Waals surface area contributed by atoms with E-state index in [2.05, 4.69) is 60.9 Å². The average molecular weight is 387 g/mol. The number of piperazine rings is 1. The van der Waals surface area contributed by atoms with Crippen LogP contribution >= 0.6 is 0 Å². The number of ether oxygens (including phenoxy) is 1. The molecule has 1 heterocycles. The number of aliphatic hydroxyl groups is 1. The predicted octanol–water partition coefficient (Wildman–Crippen LogP) is 3.40. The summed E-state index contributed by atoms with van der Waals surface area (Å²) in [5.74, 6) is 0.789. The van der Waals surface area contributed by atoms with Crippen molar-refractivity contribution in [3.05, 3.63) is 35.9 Å². The highest BCUT2D eigenvalue weighted by Crippen LogP contribution is 2.66. The lowest BCUT2D eigenvalue weighted by Crippen LogP contribution is -2.49. The van der Waals surface area contributed by atoms with Gasteiger partial charge in [-0.3, -0.25) is 9.80 Å². The molecule has 4 nitrogen and oxygen atoms in total. The molecule has 3 fully saturated rings. The Morgan fingerprint density at radius 2 is 1.75 bits per heavy atom. The van der Waals surface area contributed by atoms with Crippen molar-refractivity contribution in [1.29, 1.82) is 0 Å². The zero-order valence-electron chi connectivity index (χ0n) is 17.9. The van der Waals surface area contributed by atoms with Crippen LogP contribution in [0.2, 0.25) is 0 Å². The van der Waals surface area contributed by atoms with Gasteiger partial charge in [0.15, 0.2) is 0 Å². The highest BCUT2D eigenvalue weighted by Gasteiger charge is 2.61. The van der Waals surface area contributed by atoms with Gasteiger partial charge in [0.25, 0.3) is 0 Å². The van der Waals surface area contributed by atoms with E-state index in [1.54, 1.807) is 0 Å². The monoisotopic (exact) mass is 386 g/mol.